The summed E-state index contributed by atoms with van der Waals surface area (Å²) in [5, 5.41) is 2.92. The van der Waals surface area contributed by atoms with Crippen molar-refractivity contribution in [3.8, 4) is 0 Å². The van der Waals surface area contributed by atoms with Crippen LogP contribution >= 0.6 is 11.6 Å². The first-order valence-electron chi connectivity index (χ1n) is 6.43. The molecule has 1 fully saturated rings. The normalized spacial score (nSPS) is 18.2. The molecule has 1 saturated carbocycles. The van der Waals surface area contributed by atoms with Gasteiger partial charge in [-0.2, -0.15) is 0 Å². The molecule has 0 spiro atoms. The monoisotopic (exact) mass is 273 g/mol. The maximum absolute atomic E-state index is 13.9. The topological polar surface area (TPSA) is 12.0 Å². The van der Waals surface area contributed by atoms with E-state index in [0.29, 0.717) is 11.5 Å². The van der Waals surface area contributed by atoms with Gasteiger partial charge in [0.15, 0.2) is 0 Å². The van der Waals surface area contributed by atoms with Gasteiger partial charge in [0, 0.05) is 11.6 Å². The van der Waals surface area contributed by atoms with Crippen LogP contribution < -0.4 is 5.32 Å². The lowest BCUT2D eigenvalue weighted by atomic mass is 9.93. The van der Waals surface area contributed by atoms with Gasteiger partial charge >= 0.3 is 0 Å². The van der Waals surface area contributed by atoms with Crippen LogP contribution in [0.25, 0.3) is 0 Å². The predicted octanol–water partition coefficient (Wildman–Crippen LogP) is 4.46. The van der Waals surface area contributed by atoms with E-state index in [1.807, 2.05) is 0 Å². The van der Waals surface area contributed by atoms with Gasteiger partial charge in [-0.3, -0.25) is 0 Å². The summed E-state index contributed by atoms with van der Waals surface area (Å²) in [7, 11) is 1.78. The number of rotatable bonds is 4. The Hall–Kier alpha value is -0.670. The third kappa shape index (κ3) is 3.01. The molecule has 0 heterocycles. The summed E-state index contributed by atoms with van der Waals surface area (Å²) >= 11 is 5.57. The third-order valence-electron chi connectivity index (χ3n) is 3.81. The van der Waals surface area contributed by atoms with Crippen molar-refractivity contribution in [3.05, 3.63) is 34.4 Å². The van der Waals surface area contributed by atoms with Crippen molar-refractivity contribution in [2.75, 3.05) is 7.05 Å². The molecule has 1 nitrogen and oxygen atoms in total. The fourth-order valence-corrected chi connectivity index (χ4v) is 2.94. The third-order valence-corrected chi connectivity index (χ3v) is 4.10. The summed E-state index contributed by atoms with van der Waals surface area (Å²) in [6.07, 6.45) is 5.73. The van der Waals surface area contributed by atoms with Crippen LogP contribution in [0.2, 0.25) is 5.02 Å². The number of halogens is 3. The van der Waals surface area contributed by atoms with Gasteiger partial charge < -0.3 is 5.32 Å². The van der Waals surface area contributed by atoms with E-state index in [0.717, 1.165) is 12.5 Å². The van der Waals surface area contributed by atoms with Gasteiger partial charge in [0.1, 0.15) is 11.6 Å². The van der Waals surface area contributed by atoms with Gasteiger partial charge in [0.2, 0.25) is 0 Å². The smallest absolute Gasteiger partial charge is 0.142 e. The molecule has 1 aromatic rings. The average Bonchev–Trinajstić information content (AvgIpc) is 2.84. The highest BCUT2D eigenvalue weighted by atomic mass is 35.5. The Morgan fingerprint density at radius 1 is 1.28 bits per heavy atom. The van der Waals surface area contributed by atoms with E-state index < -0.39 is 11.6 Å². The molecule has 0 aliphatic heterocycles. The lowest BCUT2D eigenvalue weighted by Gasteiger charge is -2.21. The predicted molar refractivity (Wildman–Crippen MR) is 69.7 cm³/mol. The number of benzene rings is 1. The van der Waals surface area contributed by atoms with Crippen LogP contribution in [0.1, 0.15) is 43.7 Å². The molecule has 1 atom stereocenters. The molecule has 2 rings (SSSR count). The van der Waals surface area contributed by atoms with Crippen molar-refractivity contribution in [1.82, 2.24) is 5.32 Å². The van der Waals surface area contributed by atoms with Crippen molar-refractivity contribution in [3.63, 3.8) is 0 Å². The maximum atomic E-state index is 13.9. The quantitative estimate of drug-likeness (QED) is 0.799. The van der Waals surface area contributed by atoms with E-state index in [4.69, 9.17) is 11.6 Å². The molecule has 1 aromatic carbocycles. The summed E-state index contributed by atoms with van der Waals surface area (Å²) in [6.45, 7) is 0. The van der Waals surface area contributed by atoms with Crippen LogP contribution in [0.15, 0.2) is 12.1 Å². The van der Waals surface area contributed by atoms with Crippen molar-refractivity contribution >= 4 is 11.6 Å². The zero-order valence-corrected chi connectivity index (χ0v) is 11.2. The van der Waals surface area contributed by atoms with Crippen LogP contribution in [0.5, 0.6) is 0 Å². The fourth-order valence-electron chi connectivity index (χ4n) is 2.78. The summed E-state index contributed by atoms with van der Waals surface area (Å²) < 4.78 is 27.3. The average molecular weight is 274 g/mol. The molecule has 4 heteroatoms. The lowest BCUT2D eigenvalue weighted by Crippen LogP contribution is -2.20. The number of hydrogen-bond acceptors (Lipinski definition) is 1. The van der Waals surface area contributed by atoms with Crippen LogP contribution in [0.4, 0.5) is 8.78 Å². The van der Waals surface area contributed by atoms with Gasteiger partial charge in [-0.05, 0) is 31.5 Å². The molecule has 0 bridgehead atoms. The summed E-state index contributed by atoms with van der Waals surface area (Å²) in [4.78, 5) is 0. The molecule has 0 aromatic heterocycles. The second kappa shape index (κ2) is 5.98. The summed E-state index contributed by atoms with van der Waals surface area (Å²) in [6, 6.07) is 2.14. The van der Waals surface area contributed by atoms with Gasteiger partial charge in [0.05, 0.1) is 5.02 Å². The van der Waals surface area contributed by atoms with Gasteiger partial charge in [0.25, 0.3) is 0 Å². The molecule has 0 amide bonds. The minimum absolute atomic E-state index is 0.139. The zero-order valence-electron chi connectivity index (χ0n) is 10.5. The Kier molecular flexibility index (Phi) is 4.57. The highest BCUT2D eigenvalue weighted by Gasteiger charge is 2.23. The minimum atomic E-state index is -0.556. The molecule has 0 saturated heterocycles. The lowest BCUT2D eigenvalue weighted by molar-refractivity contribution is 0.401. The summed E-state index contributed by atoms with van der Waals surface area (Å²) in [5.41, 5.74) is 0.381. The van der Waals surface area contributed by atoms with Gasteiger partial charge in [-0.1, -0.05) is 37.3 Å². The molecule has 1 N–H and O–H groups in total. The molecule has 1 unspecified atom stereocenters. The van der Waals surface area contributed by atoms with Crippen LogP contribution in [0, 0.1) is 17.6 Å². The zero-order chi connectivity index (χ0) is 13.1. The Bertz CT molecular complexity index is 417. The molecule has 18 heavy (non-hydrogen) atoms. The van der Waals surface area contributed by atoms with Crippen LogP contribution in [0.3, 0.4) is 0 Å². The number of nitrogens with one attached hydrogen (secondary N) is 1. The molecular formula is C14H18ClF2N. The highest BCUT2D eigenvalue weighted by Crippen LogP contribution is 2.34. The second-order valence-electron chi connectivity index (χ2n) is 5.02. The van der Waals surface area contributed by atoms with E-state index in [2.05, 4.69) is 5.32 Å². The maximum Gasteiger partial charge on any atom is 0.142 e. The van der Waals surface area contributed by atoms with Crippen LogP contribution in [-0.4, -0.2) is 7.05 Å². The van der Waals surface area contributed by atoms with E-state index in [-0.39, 0.29) is 11.1 Å². The van der Waals surface area contributed by atoms with E-state index in [1.54, 1.807) is 7.05 Å². The first-order valence-corrected chi connectivity index (χ1v) is 6.81. The summed E-state index contributed by atoms with van der Waals surface area (Å²) in [5.74, 6) is -0.376. The second-order valence-corrected chi connectivity index (χ2v) is 5.42. The Morgan fingerprint density at radius 2 is 1.94 bits per heavy atom. The van der Waals surface area contributed by atoms with E-state index in [1.165, 1.54) is 31.7 Å². The van der Waals surface area contributed by atoms with Crippen LogP contribution in [-0.2, 0) is 0 Å². The molecule has 1 aliphatic rings. The Morgan fingerprint density at radius 3 is 2.56 bits per heavy atom. The first kappa shape index (κ1) is 13.8. The Balaban J connectivity index is 2.18. The minimum Gasteiger partial charge on any atom is -0.313 e. The Labute approximate surface area is 112 Å². The fraction of sp³-hybridized carbons (Fsp3) is 0.571. The molecular weight excluding hydrogens is 256 g/mol. The first-order chi connectivity index (χ1) is 8.61. The molecule has 0 radical (unpaired) electrons. The van der Waals surface area contributed by atoms with Crippen molar-refractivity contribution in [2.24, 2.45) is 5.92 Å². The van der Waals surface area contributed by atoms with E-state index in [9.17, 15) is 8.78 Å². The highest BCUT2D eigenvalue weighted by molar-refractivity contribution is 6.30. The standard InChI is InChI=1S/C14H18ClF2N/c1-18-14(6-9-4-2-3-5-9)10-7-13(17)11(15)8-12(10)16/h7-9,14,18H,2-6H2,1H3. The SMILES string of the molecule is CNC(CC1CCCC1)c1cc(F)c(Cl)cc1F. The van der Waals surface area contributed by atoms with Crippen molar-refractivity contribution < 1.29 is 8.78 Å². The largest absolute Gasteiger partial charge is 0.313 e. The molecule has 100 valence electrons. The van der Waals surface area contributed by atoms with Crippen molar-refractivity contribution in [2.45, 2.75) is 38.1 Å². The van der Waals surface area contributed by atoms with Gasteiger partial charge in [-0.15, -0.1) is 0 Å². The number of hydrogen-bond donors (Lipinski definition) is 1. The van der Waals surface area contributed by atoms with Crippen molar-refractivity contribution in [1.29, 1.82) is 0 Å². The molecule has 1 aliphatic carbocycles. The van der Waals surface area contributed by atoms with E-state index >= 15 is 0 Å². The van der Waals surface area contributed by atoms with Gasteiger partial charge in [-0.25, -0.2) is 8.78 Å².